The molecule has 2 rings (SSSR count). The SMILES string of the molecule is CCc1nn(C)c2c1NCCCN2. The van der Waals surface area contributed by atoms with E-state index in [-0.39, 0.29) is 0 Å². The topological polar surface area (TPSA) is 41.9 Å². The first-order valence-electron chi connectivity index (χ1n) is 4.86. The maximum Gasteiger partial charge on any atom is 0.147 e. The molecule has 0 fully saturated rings. The summed E-state index contributed by atoms with van der Waals surface area (Å²) in [7, 11) is 1.98. The summed E-state index contributed by atoms with van der Waals surface area (Å²) in [5.41, 5.74) is 2.36. The van der Waals surface area contributed by atoms with E-state index in [9.17, 15) is 0 Å². The average Bonchev–Trinajstić information content (AvgIpc) is 2.38. The van der Waals surface area contributed by atoms with Gasteiger partial charge < -0.3 is 10.6 Å². The van der Waals surface area contributed by atoms with Gasteiger partial charge in [0.25, 0.3) is 0 Å². The minimum absolute atomic E-state index is 0.984. The maximum absolute atomic E-state index is 4.44. The third kappa shape index (κ3) is 1.36. The Morgan fingerprint density at radius 1 is 1.38 bits per heavy atom. The maximum atomic E-state index is 4.44. The van der Waals surface area contributed by atoms with Gasteiger partial charge in [0.1, 0.15) is 11.5 Å². The summed E-state index contributed by atoms with van der Waals surface area (Å²) >= 11 is 0. The standard InChI is InChI=1S/C9H16N4/c1-3-7-8-9(13(2)12-7)11-6-4-5-10-8/h10-11H,3-6H2,1-2H3. The summed E-state index contributed by atoms with van der Waals surface area (Å²) in [6, 6.07) is 0. The van der Waals surface area contributed by atoms with Crippen LogP contribution in [-0.4, -0.2) is 22.9 Å². The quantitative estimate of drug-likeness (QED) is 0.682. The highest BCUT2D eigenvalue weighted by Crippen LogP contribution is 2.27. The van der Waals surface area contributed by atoms with E-state index in [0.717, 1.165) is 37.4 Å². The van der Waals surface area contributed by atoms with Crippen LogP contribution in [-0.2, 0) is 13.5 Å². The van der Waals surface area contributed by atoms with Crippen molar-refractivity contribution in [3.05, 3.63) is 5.69 Å². The summed E-state index contributed by atoms with van der Waals surface area (Å²) in [5, 5.41) is 11.2. The fraction of sp³-hybridized carbons (Fsp3) is 0.667. The number of aryl methyl sites for hydroxylation is 2. The van der Waals surface area contributed by atoms with Gasteiger partial charge in [-0.05, 0) is 12.8 Å². The lowest BCUT2D eigenvalue weighted by Crippen LogP contribution is -2.05. The lowest BCUT2D eigenvalue weighted by atomic mass is 10.3. The van der Waals surface area contributed by atoms with E-state index in [0.29, 0.717) is 0 Å². The second kappa shape index (κ2) is 3.28. The van der Waals surface area contributed by atoms with Crippen molar-refractivity contribution in [2.24, 2.45) is 7.05 Å². The Labute approximate surface area is 78.3 Å². The van der Waals surface area contributed by atoms with Crippen molar-refractivity contribution in [2.75, 3.05) is 23.7 Å². The predicted octanol–water partition coefficient (Wildman–Crippen LogP) is 1.21. The normalized spacial score (nSPS) is 15.5. The van der Waals surface area contributed by atoms with E-state index < -0.39 is 0 Å². The van der Waals surface area contributed by atoms with Crippen molar-refractivity contribution >= 4 is 11.5 Å². The van der Waals surface area contributed by atoms with Crippen molar-refractivity contribution in [3.63, 3.8) is 0 Å². The second-order valence-corrected chi connectivity index (χ2v) is 3.35. The van der Waals surface area contributed by atoms with Crippen molar-refractivity contribution < 1.29 is 0 Å². The van der Waals surface area contributed by atoms with E-state index in [1.54, 1.807) is 0 Å². The molecular weight excluding hydrogens is 164 g/mol. The van der Waals surface area contributed by atoms with Crippen molar-refractivity contribution in [1.29, 1.82) is 0 Å². The predicted molar refractivity (Wildman–Crippen MR) is 54.2 cm³/mol. The molecule has 0 saturated carbocycles. The van der Waals surface area contributed by atoms with Gasteiger partial charge in [-0.15, -0.1) is 0 Å². The summed E-state index contributed by atoms with van der Waals surface area (Å²) in [4.78, 5) is 0. The highest BCUT2D eigenvalue weighted by atomic mass is 15.3. The van der Waals surface area contributed by atoms with Crippen LogP contribution in [0.3, 0.4) is 0 Å². The van der Waals surface area contributed by atoms with Crippen molar-refractivity contribution in [1.82, 2.24) is 9.78 Å². The molecule has 0 bridgehead atoms. The molecule has 13 heavy (non-hydrogen) atoms. The lowest BCUT2D eigenvalue weighted by molar-refractivity contribution is 0.744. The first-order chi connectivity index (χ1) is 6.33. The van der Waals surface area contributed by atoms with Gasteiger partial charge in [-0.2, -0.15) is 5.10 Å². The Kier molecular flexibility index (Phi) is 2.12. The Bertz CT molecular complexity index is 303. The van der Waals surface area contributed by atoms with Crippen LogP contribution >= 0.6 is 0 Å². The van der Waals surface area contributed by atoms with E-state index in [4.69, 9.17) is 0 Å². The summed E-state index contributed by atoms with van der Waals surface area (Å²) in [6.07, 6.45) is 2.15. The summed E-state index contributed by atoms with van der Waals surface area (Å²) in [6.45, 7) is 4.20. The van der Waals surface area contributed by atoms with Gasteiger partial charge in [0.15, 0.2) is 0 Å². The molecule has 0 atom stereocenters. The Hall–Kier alpha value is -1.19. The van der Waals surface area contributed by atoms with Crippen LogP contribution in [0, 0.1) is 0 Å². The third-order valence-corrected chi connectivity index (χ3v) is 2.40. The molecule has 72 valence electrons. The molecule has 2 N–H and O–H groups in total. The highest BCUT2D eigenvalue weighted by Gasteiger charge is 2.15. The molecular formula is C9H16N4. The molecule has 1 aromatic rings. The highest BCUT2D eigenvalue weighted by molar-refractivity contribution is 5.68. The molecule has 0 spiro atoms. The van der Waals surface area contributed by atoms with Gasteiger partial charge >= 0.3 is 0 Å². The fourth-order valence-electron chi connectivity index (χ4n) is 1.72. The number of fused-ring (bicyclic) bond motifs is 1. The van der Waals surface area contributed by atoms with E-state index >= 15 is 0 Å². The number of hydrogen-bond donors (Lipinski definition) is 2. The number of aromatic nitrogens is 2. The van der Waals surface area contributed by atoms with Crippen LogP contribution < -0.4 is 10.6 Å². The van der Waals surface area contributed by atoms with Crippen LogP contribution in [0.2, 0.25) is 0 Å². The molecule has 0 saturated heterocycles. The van der Waals surface area contributed by atoms with Crippen LogP contribution in [0.1, 0.15) is 19.0 Å². The zero-order valence-corrected chi connectivity index (χ0v) is 8.22. The summed E-state index contributed by atoms with van der Waals surface area (Å²) < 4.78 is 1.92. The summed E-state index contributed by atoms with van der Waals surface area (Å²) in [5.74, 6) is 1.13. The van der Waals surface area contributed by atoms with Gasteiger partial charge in [-0.1, -0.05) is 6.92 Å². The van der Waals surface area contributed by atoms with Crippen LogP contribution in [0.4, 0.5) is 11.5 Å². The van der Waals surface area contributed by atoms with Gasteiger partial charge in [0.2, 0.25) is 0 Å². The van der Waals surface area contributed by atoms with Gasteiger partial charge in [0, 0.05) is 20.1 Å². The van der Waals surface area contributed by atoms with Crippen molar-refractivity contribution in [3.8, 4) is 0 Å². The van der Waals surface area contributed by atoms with Crippen LogP contribution in [0.5, 0.6) is 0 Å². The Morgan fingerprint density at radius 2 is 2.15 bits per heavy atom. The van der Waals surface area contributed by atoms with E-state index in [2.05, 4.69) is 22.7 Å². The minimum Gasteiger partial charge on any atom is -0.380 e. The average molecular weight is 180 g/mol. The fourth-order valence-corrected chi connectivity index (χ4v) is 1.72. The molecule has 0 radical (unpaired) electrons. The monoisotopic (exact) mass is 180 g/mol. The lowest BCUT2D eigenvalue weighted by Gasteiger charge is -2.03. The molecule has 0 aliphatic carbocycles. The van der Waals surface area contributed by atoms with Gasteiger partial charge in [0.05, 0.1) is 5.69 Å². The molecule has 4 nitrogen and oxygen atoms in total. The number of nitrogens with one attached hydrogen (secondary N) is 2. The number of nitrogens with zero attached hydrogens (tertiary/aromatic N) is 2. The van der Waals surface area contributed by atoms with Gasteiger partial charge in [-0.25, -0.2) is 0 Å². The Balaban J connectivity index is 2.42. The number of hydrogen-bond acceptors (Lipinski definition) is 3. The first kappa shape index (κ1) is 8.41. The van der Waals surface area contributed by atoms with Crippen LogP contribution in [0.25, 0.3) is 0 Å². The Morgan fingerprint density at radius 3 is 2.92 bits per heavy atom. The number of anilines is 2. The van der Waals surface area contributed by atoms with E-state index in [1.807, 2.05) is 11.7 Å². The minimum atomic E-state index is 0.984. The molecule has 1 aliphatic heterocycles. The molecule has 1 aliphatic rings. The van der Waals surface area contributed by atoms with Crippen molar-refractivity contribution in [2.45, 2.75) is 19.8 Å². The van der Waals surface area contributed by atoms with Crippen LogP contribution in [0.15, 0.2) is 0 Å². The first-order valence-corrected chi connectivity index (χ1v) is 4.86. The number of rotatable bonds is 1. The van der Waals surface area contributed by atoms with Gasteiger partial charge in [-0.3, -0.25) is 4.68 Å². The molecule has 4 heteroatoms. The largest absolute Gasteiger partial charge is 0.380 e. The zero-order chi connectivity index (χ0) is 9.26. The zero-order valence-electron chi connectivity index (χ0n) is 8.22. The molecule has 2 heterocycles. The molecule has 0 unspecified atom stereocenters. The third-order valence-electron chi connectivity index (χ3n) is 2.40. The molecule has 1 aromatic heterocycles. The smallest absolute Gasteiger partial charge is 0.147 e. The second-order valence-electron chi connectivity index (χ2n) is 3.35. The van der Waals surface area contributed by atoms with E-state index in [1.165, 1.54) is 5.69 Å². The molecule has 0 amide bonds. The molecule has 0 aromatic carbocycles.